The maximum atomic E-state index is 11.3. The second-order valence-corrected chi connectivity index (χ2v) is 2.77. The molecule has 1 aromatic heterocycles. The highest BCUT2D eigenvalue weighted by Gasteiger charge is 2.07. The first kappa shape index (κ1) is 10.7. The molecule has 0 amide bonds. The van der Waals surface area contributed by atoms with Crippen LogP contribution in [-0.4, -0.2) is 34.4 Å². The quantitative estimate of drug-likeness (QED) is 0.414. The fourth-order valence-corrected chi connectivity index (χ4v) is 1.10. The Hall–Kier alpha value is -1.40. The molecule has 0 radical (unpaired) electrons. The van der Waals surface area contributed by atoms with Crippen molar-refractivity contribution in [3.05, 3.63) is 21.3 Å². The number of nitrogens with zero attached hydrogens (tertiary/aromatic N) is 1. The van der Waals surface area contributed by atoms with E-state index < -0.39 is 5.56 Å². The number of H-pyrrole nitrogens is 1. The number of hydrogen-bond acceptors (Lipinski definition) is 5. The third-order valence-corrected chi connectivity index (χ3v) is 1.65. The molecule has 0 unspecified atom stereocenters. The van der Waals surface area contributed by atoms with Gasteiger partial charge in [-0.3, -0.25) is 9.78 Å². The minimum Gasteiger partial charge on any atom is -0.395 e. The largest absolute Gasteiger partial charge is 0.395 e. The summed E-state index contributed by atoms with van der Waals surface area (Å²) in [7, 11) is 0. The van der Waals surface area contributed by atoms with Crippen molar-refractivity contribution < 1.29 is 5.11 Å². The summed E-state index contributed by atoms with van der Waals surface area (Å²) in [6.45, 7) is 0.104. The lowest BCUT2D eigenvalue weighted by Crippen LogP contribution is -2.20. The van der Waals surface area contributed by atoms with Gasteiger partial charge in [-0.25, -0.2) is 4.98 Å². The lowest BCUT2D eigenvalue weighted by Gasteiger charge is -2.05. The fourth-order valence-electron chi connectivity index (χ4n) is 0.918. The number of hydrogen-bond donors (Lipinski definition) is 4. The Morgan fingerprint density at radius 2 is 2.43 bits per heavy atom. The molecule has 0 aromatic carbocycles. The van der Waals surface area contributed by atoms with Crippen LogP contribution in [0.1, 0.15) is 5.69 Å². The Morgan fingerprint density at radius 1 is 1.71 bits per heavy atom. The van der Waals surface area contributed by atoms with E-state index in [1.165, 1.54) is 0 Å². The summed E-state index contributed by atoms with van der Waals surface area (Å²) in [6.07, 6.45) is 0.917. The van der Waals surface area contributed by atoms with Gasteiger partial charge < -0.3 is 15.8 Å². The topological polar surface area (TPSA) is 102 Å². The number of aromatic amines is 1. The van der Waals surface area contributed by atoms with E-state index in [1.54, 1.807) is 0 Å². The summed E-state index contributed by atoms with van der Waals surface area (Å²) in [5.41, 5.74) is -0.178. The van der Waals surface area contributed by atoms with Gasteiger partial charge in [-0.15, -0.1) is 0 Å². The highest BCUT2D eigenvalue weighted by molar-refractivity contribution is 6.28. The molecule has 0 atom stereocenters. The van der Waals surface area contributed by atoms with Gasteiger partial charge in [0.25, 0.3) is 5.56 Å². The van der Waals surface area contributed by atoms with Gasteiger partial charge in [0, 0.05) is 12.8 Å². The van der Waals surface area contributed by atoms with Gasteiger partial charge >= 0.3 is 0 Å². The molecule has 1 aromatic rings. The molecule has 0 spiro atoms. The Kier molecular flexibility index (Phi) is 3.61. The normalized spacial score (nSPS) is 9.86. The summed E-state index contributed by atoms with van der Waals surface area (Å²) in [5, 5.41) is 18.1. The van der Waals surface area contributed by atoms with Crippen molar-refractivity contribution >= 4 is 23.5 Å². The van der Waals surface area contributed by atoms with Gasteiger partial charge in [0.15, 0.2) is 0 Å². The van der Waals surface area contributed by atoms with Crippen LogP contribution >= 0.6 is 11.6 Å². The number of anilines is 1. The van der Waals surface area contributed by atoms with E-state index in [9.17, 15) is 4.79 Å². The van der Waals surface area contributed by atoms with E-state index in [-0.39, 0.29) is 29.8 Å². The molecule has 0 bridgehead atoms. The van der Waals surface area contributed by atoms with Gasteiger partial charge in [-0.1, -0.05) is 0 Å². The molecule has 6 nitrogen and oxygen atoms in total. The third kappa shape index (κ3) is 2.30. The predicted molar refractivity (Wildman–Crippen MR) is 53.3 cm³/mol. The molecule has 4 N–H and O–H groups in total. The smallest absolute Gasteiger partial charge is 0.275 e. The maximum absolute atomic E-state index is 11.3. The Bertz CT molecular complexity index is 390. The molecule has 0 saturated heterocycles. The van der Waals surface area contributed by atoms with Crippen molar-refractivity contribution in [3.63, 3.8) is 0 Å². The number of aliphatic hydroxyl groups is 1. The van der Waals surface area contributed by atoms with Crippen LogP contribution < -0.4 is 10.9 Å². The monoisotopic (exact) mass is 216 g/mol. The molecule has 0 saturated carbocycles. The molecular formula is C7H9ClN4O2. The fraction of sp³-hybridized carbons (Fsp3) is 0.286. The lowest BCUT2D eigenvalue weighted by molar-refractivity contribution is 0.311. The second-order valence-electron chi connectivity index (χ2n) is 2.41. The molecule has 0 aliphatic heterocycles. The first-order valence-electron chi connectivity index (χ1n) is 3.84. The second kappa shape index (κ2) is 4.73. The van der Waals surface area contributed by atoms with Crippen LogP contribution in [0.3, 0.4) is 0 Å². The minimum atomic E-state index is -0.461. The molecule has 1 heterocycles. The van der Waals surface area contributed by atoms with E-state index in [0.29, 0.717) is 0 Å². The van der Waals surface area contributed by atoms with Crippen LogP contribution in [-0.2, 0) is 0 Å². The van der Waals surface area contributed by atoms with Crippen molar-refractivity contribution in [2.75, 3.05) is 18.5 Å². The van der Waals surface area contributed by atoms with Crippen LogP contribution in [0.25, 0.3) is 0 Å². The highest BCUT2D eigenvalue weighted by atomic mass is 35.5. The SMILES string of the molecule is N=Cc1nc(Cl)[nH]c(=O)c1NCCO. The number of halogens is 1. The van der Waals surface area contributed by atoms with E-state index in [2.05, 4.69) is 15.3 Å². The molecule has 1 rings (SSSR count). The van der Waals surface area contributed by atoms with Gasteiger partial charge in [0.05, 0.1) is 6.61 Å². The zero-order valence-electron chi connectivity index (χ0n) is 7.17. The summed E-state index contributed by atoms with van der Waals surface area (Å²) in [5.74, 6) is 0. The number of nitrogens with one attached hydrogen (secondary N) is 3. The molecule has 7 heteroatoms. The van der Waals surface area contributed by atoms with Crippen LogP contribution in [0.4, 0.5) is 5.69 Å². The first-order valence-corrected chi connectivity index (χ1v) is 4.22. The van der Waals surface area contributed by atoms with Crippen LogP contribution in [0, 0.1) is 5.41 Å². The minimum absolute atomic E-state index is 0.0666. The average molecular weight is 217 g/mol. The zero-order valence-corrected chi connectivity index (χ0v) is 7.93. The molecule has 0 fully saturated rings. The third-order valence-electron chi connectivity index (χ3n) is 1.47. The van der Waals surface area contributed by atoms with E-state index >= 15 is 0 Å². The van der Waals surface area contributed by atoms with Gasteiger partial charge in [-0.2, -0.15) is 0 Å². The highest BCUT2D eigenvalue weighted by Crippen LogP contribution is 2.06. The van der Waals surface area contributed by atoms with Crippen molar-refractivity contribution in [3.8, 4) is 0 Å². The summed E-state index contributed by atoms with van der Waals surface area (Å²) >= 11 is 5.49. The van der Waals surface area contributed by atoms with Crippen LogP contribution in [0.5, 0.6) is 0 Å². The Morgan fingerprint density at radius 3 is 3.00 bits per heavy atom. The first-order chi connectivity index (χ1) is 6.69. The predicted octanol–water partition coefficient (Wildman–Crippen LogP) is -0.175. The summed E-state index contributed by atoms with van der Waals surface area (Å²) < 4.78 is 0. The maximum Gasteiger partial charge on any atom is 0.275 e. The van der Waals surface area contributed by atoms with E-state index in [4.69, 9.17) is 22.1 Å². The molecule has 0 aliphatic rings. The summed E-state index contributed by atoms with van der Waals surface area (Å²) in [6, 6.07) is 0. The van der Waals surface area contributed by atoms with E-state index in [1.807, 2.05) is 0 Å². The Labute approximate surface area is 84.5 Å². The number of aromatic nitrogens is 2. The molecule has 14 heavy (non-hydrogen) atoms. The van der Waals surface area contributed by atoms with Gasteiger partial charge in [0.1, 0.15) is 11.4 Å². The van der Waals surface area contributed by atoms with Gasteiger partial charge in [0.2, 0.25) is 5.28 Å². The van der Waals surface area contributed by atoms with E-state index in [0.717, 1.165) is 6.21 Å². The zero-order chi connectivity index (χ0) is 10.6. The number of aliphatic hydroxyl groups excluding tert-OH is 1. The Balaban J connectivity index is 3.12. The number of rotatable bonds is 4. The lowest BCUT2D eigenvalue weighted by atomic mass is 10.3. The standard InChI is InChI=1S/C7H9ClN4O2/c8-7-11-4(3-9)5(6(14)12-7)10-1-2-13/h3,9-10,13H,1-2H2,(H,11,12,14). The average Bonchev–Trinajstić information content (AvgIpc) is 2.15. The molecule has 76 valence electrons. The van der Waals surface area contributed by atoms with Crippen LogP contribution in [0.2, 0.25) is 5.28 Å². The van der Waals surface area contributed by atoms with Crippen molar-refractivity contribution in [1.82, 2.24) is 9.97 Å². The van der Waals surface area contributed by atoms with Crippen molar-refractivity contribution in [1.29, 1.82) is 5.41 Å². The van der Waals surface area contributed by atoms with Crippen molar-refractivity contribution in [2.45, 2.75) is 0 Å². The van der Waals surface area contributed by atoms with Crippen molar-refractivity contribution in [2.24, 2.45) is 0 Å². The van der Waals surface area contributed by atoms with Crippen LogP contribution in [0.15, 0.2) is 4.79 Å². The molecular weight excluding hydrogens is 208 g/mol. The summed E-state index contributed by atoms with van der Waals surface area (Å²) in [4.78, 5) is 17.3. The van der Waals surface area contributed by atoms with Gasteiger partial charge in [-0.05, 0) is 11.6 Å². The molecule has 0 aliphatic carbocycles.